The second-order valence-electron chi connectivity index (χ2n) is 13.1. The summed E-state index contributed by atoms with van der Waals surface area (Å²) in [6.45, 7) is 9.73. The van der Waals surface area contributed by atoms with Crippen molar-refractivity contribution in [1.29, 1.82) is 0 Å². The number of amides is 2. The van der Waals surface area contributed by atoms with Gasteiger partial charge in [-0.05, 0) is 100 Å². The number of alkyl carbamates (subject to hydrolysis) is 1. The van der Waals surface area contributed by atoms with Gasteiger partial charge in [0, 0.05) is 11.8 Å². The van der Waals surface area contributed by atoms with Crippen molar-refractivity contribution in [3.05, 3.63) is 49.2 Å². The summed E-state index contributed by atoms with van der Waals surface area (Å²) in [5.41, 5.74) is 0.651. The molecule has 2 aromatic rings. The number of carbonyl (C=O) groups excluding carboxylic acids is 2. The number of aliphatic carboxylic acids is 1. The van der Waals surface area contributed by atoms with Crippen LogP contribution in [0, 0.1) is 11.8 Å². The van der Waals surface area contributed by atoms with E-state index in [-0.39, 0.29) is 24.8 Å². The number of rotatable bonds is 13. The van der Waals surface area contributed by atoms with Crippen molar-refractivity contribution in [1.82, 2.24) is 15.2 Å². The predicted molar refractivity (Wildman–Crippen MR) is 176 cm³/mol. The quantitative estimate of drug-likeness (QED) is 0.189. The second kappa shape index (κ2) is 14.6. The third-order valence-corrected chi connectivity index (χ3v) is 10.1. The molecular weight excluding hydrogens is 586 g/mol. The molecule has 3 fully saturated rings. The van der Waals surface area contributed by atoms with Crippen molar-refractivity contribution in [3.63, 3.8) is 0 Å². The minimum absolute atomic E-state index is 0.0611. The number of methoxy groups -OCH3 is 1. The van der Waals surface area contributed by atoms with E-state index in [9.17, 15) is 19.5 Å². The van der Waals surface area contributed by atoms with E-state index in [1.165, 1.54) is 4.90 Å². The fraction of sp³-hybridized carbons (Fsp3) is 0.556. The van der Waals surface area contributed by atoms with Crippen LogP contribution in [0.3, 0.4) is 0 Å². The Labute approximate surface area is 271 Å². The van der Waals surface area contributed by atoms with Gasteiger partial charge in [-0.25, -0.2) is 14.6 Å². The molecule has 5 rings (SSSR count). The maximum atomic E-state index is 14.2. The fourth-order valence-corrected chi connectivity index (χ4v) is 7.58. The topological polar surface area (TPSA) is 127 Å². The van der Waals surface area contributed by atoms with Crippen LogP contribution in [0.1, 0.15) is 83.2 Å². The summed E-state index contributed by atoms with van der Waals surface area (Å²) >= 11 is 0. The smallest absolute Gasteiger partial charge is 0.408 e. The summed E-state index contributed by atoms with van der Waals surface area (Å²) < 4.78 is 17.8. The number of unbranched alkanes of at least 4 members (excludes halogenated alkanes) is 1. The minimum atomic E-state index is -1.11. The molecule has 0 bridgehead atoms. The number of nitrogens with one attached hydrogen (secondary N) is 1. The Balaban J connectivity index is 1.32. The van der Waals surface area contributed by atoms with E-state index in [1.807, 2.05) is 37.3 Å². The average Bonchev–Trinajstić information content (AvgIpc) is 3.80. The number of fused-ring (bicyclic) bond motifs is 1. The first-order valence-electron chi connectivity index (χ1n) is 16.6. The summed E-state index contributed by atoms with van der Waals surface area (Å²) in [7, 11) is 1.59. The highest BCUT2D eigenvalue weighted by molar-refractivity contribution is 5.90. The lowest BCUT2D eigenvalue weighted by Crippen LogP contribution is -2.55. The molecule has 3 aliphatic rings. The summed E-state index contributed by atoms with van der Waals surface area (Å²) in [5, 5.41) is 13.9. The number of carboxylic acids is 1. The molecule has 0 unspecified atom stereocenters. The minimum Gasteiger partial charge on any atom is -0.497 e. The van der Waals surface area contributed by atoms with E-state index in [0.717, 1.165) is 75.1 Å². The standard InChI is InChI=1S/C36H47N3O7/c1-5-7-8-14-25-15-11-18-36(25,3)46-35(43)38-32(23-12-9-10-13-23)33(40)39-22-27(21-30(39)34(41)42)45-31-20-24-19-26(44-4)16-17-29(24)37-28(31)6-2/h5-6,16-17,19-20,23,25,27,30,32H,1-2,7-15,18,21-22H2,3-4H3,(H,38,43)(H,41,42)/t25-,27-,30+,32+,36-/m1/s1. The van der Waals surface area contributed by atoms with Gasteiger partial charge in [-0.2, -0.15) is 0 Å². The van der Waals surface area contributed by atoms with E-state index < -0.39 is 41.8 Å². The molecule has 2 N–H and O–H groups in total. The molecular formula is C36H47N3O7. The molecule has 2 saturated carbocycles. The van der Waals surface area contributed by atoms with Gasteiger partial charge in [-0.15, -0.1) is 6.58 Å². The van der Waals surface area contributed by atoms with E-state index >= 15 is 0 Å². The van der Waals surface area contributed by atoms with E-state index in [1.54, 1.807) is 13.2 Å². The number of aromatic nitrogens is 1. The number of carbonyl (C=O) groups is 3. The maximum absolute atomic E-state index is 14.2. The molecule has 0 spiro atoms. The van der Waals surface area contributed by atoms with Gasteiger partial charge in [0.25, 0.3) is 0 Å². The molecule has 10 heteroatoms. The Morgan fingerprint density at radius 1 is 1.17 bits per heavy atom. The van der Waals surface area contributed by atoms with Crippen LogP contribution in [0.2, 0.25) is 0 Å². The zero-order valence-corrected chi connectivity index (χ0v) is 27.0. The van der Waals surface area contributed by atoms with Gasteiger partial charge in [-0.1, -0.05) is 25.5 Å². The average molecular weight is 634 g/mol. The zero-order chi connectivity index (χ0) is 32.8. The van der Waals surface area contributed by atoms with Crippen LogP contribution < -0.4 is 14.8 Å². The van der Waals surface area contributed by atoms with Crippen molar-refractivity contribution in [3.8, 4) is 11.5 Å². The Morgan fingerprint density at radius 3 is 2.65 bits per heavy atom. The summed E-state index contributed by atoms with van der Waals surface area (Å²) in [4.78, 5) is 46.1. The Hall–Kier alpha value is -4.08. The van der Waals surface area contributed by atoms with Crippen molar-refractivity contribution >= 4 is 34.9 Å². The van der Waals surface area contributed by atoms with Gasteiger partial charge in [-0.3, -0.25) is 4.79 Å². The molecule has 248 valence electrons. The van der Waals surface area contributed by atoms with Gasteiger partial charge in [0.05, 0.1) is 19.2 Å². The normalized spacial score (nSPS) is 25.3. The third-order valence-electron chi connectivity index (χ3n) is 10.1. The first kappa shape index (κ1) is 33.3. The summed E-state index contributed by atoms with van der Waals surface area (Å²) in [6.07, 6.45) is 11.4. The molecule has 1 aromatic carbocycles. The highest BCUT2D eigenvalue weighted by atomic mass is 16.6. The zero-order valence-electron chi connectivity index (χ0n) is 27.0. The molecule has 10 nitrogen and oxygen atoms in total. The molecule has 2 amide bonds. The van der Waals surface area contributed by atoms with Crippen LogP contribution in [0.4, 0.5) is 4.79 Å². The molecule has 46 heavy (non-hydrogen) atoms. The highest BCUT2D eigenvalue weighted by Crippen LogP contribution is 2.42. The first-order valence-corrected chi connectivity index (χ1v) is 16.6. The number of pyridine rings is 1. The molecule has 0 radical (unpaired) electrons. The van der Waals surface area contributed by atoms with Crippen molar-refractivity contribution < 1.29 is 33.7 Å². The molecule has 1 saturated heterocycles. The number of nitrogens with zero attached hydrogens (tertiary/aromatic N) is 2. The Bertz CT molecular complexity index is 1450. The van der Waals surface area contributed by atoms with E-state index in [2.05, 4.69) is 23.5 Å². The maximum Gasteiger partial charge on any atom is 0.408 e. The van der Waals surface area contributed by atoms with Crippen molar-refractivity contribution in [2.75, 3.05) is 13.7 Å². The third kappa shape index (κ3) is 7.32. The number of carboxylic acid groups (broad SMARTS) is 1. The number of hydrogen-bond donors (Lipinski definition) is 2. The molecule has 2 aliphatic carbocycles. The lowest BCUT2D eigenvalue weighted by atomic mass is 9.88. The van der Waals surface area contributed by atoms with Crippen LogP contribution in [0.5, 0.6) is 11.5 Å². The molecule has 1 aromatic heterocycles. The second-order valence-corrected chi connectivity index (χ2v) is 13.1. The first-order chi connectivity index (χ1) is 22.1. The van der Waals surface area contributed by atoms with Gasteiger partial charge < -0.3 is 29.5 Å². The highest BCUT2D eigenvalue weighted by Gasteiger charge is 2.47. The lowest BCUT2D eigenvalue weighted by Gasteiger charge is -2.34. The molecule has 2 heterocycles. The van der Waals surface area contributed by atoms with E-state index in [4.69, 9.17) is 14.2 Å². The van der Waals surface area contributed by atoms with Crippen LogP contribution >= 0.6 is 0 Å². The van der Waals surface area contributed by atoms with Gasteiger partial charge in [0.15, 0.2) is 0 Å². The largest absolute Gasteiger partial charge is 0.497 e. The van der Waals surface area contributed by atoms with Gasteiger partial charge >= 0.3 is 12.1 Å². The predicted octanol–water partition coefficient (Wildman–Crippen LogP) is 6.52. The number of benzene rings is 1. The SMILES string of the molecule is C=CCCC[C@@H]1CCC[C@@]1(C)OC(=O)N[C@H](C(=O)N1C[C@H](Oc2cc3cc(OC)ccc3nc2C=C)C[C@H]1C(=O)O)C1CCCC1. The van der Waals surface area contributed by atoms with E-state index in [0.29, 0.717) is 17.2 Å². The number of ether oxygens (including phenoxy) is 3. The Kier molecular flexibility index (Phi) is 10.5. The number of likely N-dealkylation sites (tertiary alicyclic amines) is 1. The van der Waals surface area contributed by atoms with Crippen LogP contribution in [-0.2, 0) is 14.3 Å². The van der Waals surface area contributed by atoms with Crippen LogP contribution in [-0.4, -0.2) is 70.4 Å². The molecule has 5 atom stereocenters. The van der Waals surface area contributed by atoms with Crippen molar-refractivity contribution in [2.45, 2.75) is 101 Å². The monoisotopic (exact) mass is 633 g/mol. The van der Waals surface area contributed by atoms with Gasteiger partial charge in [0.1, 0.15) is 41.0 Å². The Morgan fingerprint density at radius 2 is 1.96 bits per heavy atom. The number of hydrogen-bond acceptors (Lipinski definition) is 7. The van der Waals surface area contributed by atoms with Crippen LogP contribution in [0.25, 0.3) is 17.0 Å². The van der Waals surface area contributed by atoms with Gasteiger partial charge in [0.2, 0.25) is 5.91 Å². The summed E-state index contributed by atoms with van der Waals surface area (Å²) in [6, 6.07) is 5.37. The fourth-order valence-electron chi connectivity index (χ4n) is 7.58. The van der Waals surface area contributed by atoms with Crippen molar-refractivity contribution in [2.24, 2.45) is 11.8 Å². The number of allylic oxidation sites excluding steroid dienone is 1. The lowest BCUT2D eigenvalue weighted by molar-refractivity contribution is -0.149. The summed E-state index contributed by atoms with van der Waals surface area (Å²) in [5.74, 6) is -0.255. The van der Waals surface area contributed by atoms with Crippen LogP contribution in [0.15, 0.2) is 43.5 Å². The molecule has 1 aliphatic heterocycles.